The number of urea groups is 1. The Morgan fingerprint density at radius 1 is 1.12 bits per heavy atom. The van der Waals surface area contributed by atoms with Crippen LogP contribution in [0.15, 0.2) is 48.5 Å². The smallest absolute Gasteiger partial charge is 0.322 e. The summed E-state index contributed by atoms with van der Waals surface area (Å²) in [6, 6.07) is 14.0. The van der Waals surface area contributed by atoms with Crippen molar-refractivity contribution in [1.82, 2.24) is 4.90 Å². The molecule has 0 aromatic heterocycles. The quantitative estimate of drug-likeness (QED) is 0.860. The maximum atomic E-state index is 13.0. The van der Waals surface area contributed by atoms with E-state index in [0.29, 0.717) is 19.7 Å². The van der Waals surface area contributed by atoms with E-state index in [9.17, 15) is 9.18 Å². The standard InChI is InChI=1S/C20H24FN3O2/c1-2-26-19-9-7-18(8-10-19)22-20(25)24-13-11-23(12-14-24)15-16-3-5-17(21)6-4-16/h3-10H,2,11-15H2,1H3,(H,22,25)/p+1. The minimum absolute atomic E-state index is 0.0741. The molecule has 1 heterocycles. The van der Waals surface area contributed by atoms with Crippen LogP contribution in [-0.4, -0.2) is 43.7 Å². The molecule has 3 rings (SSSR count). The number of carbonyl (C=O) groups excluding carboxylic acids is 1. The molecule has 1 saturated heterocycles. The van der Waals surface area contributed by atoms with Crippen molar-refractivity contribution in [1.29, 1.82) is 0 Å². The number of anilines is 1. The van der Waals surface area contributed by atoms with Crippen molar-refractivity contribution in [2.24, 2.45) is 0 Å². The Bertz CT molecular complexity index is 711. The van der Waals surface area contributed by atoms with Gasteiger partial charge in [-0.25, -0.2) is 9.18 Å². The van der Waals surface area contributed by atoms with Crippen LogP contribution in [0.1, 0.15) is 12.5 Å². The maximum absolute atomic E-state index is 13.0. The van der Waals surface area contributed by atoms with Gasteiger partial charge in [-0.1, -0.05) is 12.1 Å². The van der Waals surface area contributed by atoms with Crippen molar-refractivity contribution in [3.8, 4) is 5.75 Å². The first-order chi connectivity index (χ1) is 12.6. The monoisotopic (exact) mass is 358 g/mol. The van der Waals surface area contributed by atoms with Crippen LogP contribution >= 0.6 is 0 Å². The van der Waals surface area contributed by atoms with E-state index in [4.69, 9.17) is 4.74 Å². The van der Waals surface area contributed by atoms with E-state index in [-0.39, 0.29) is 11.8 Å². The van der Waals surface area contributed by atoms with Gasteiger partial charge in [-0.3, -0.25) is 0 Å². The number of nitrogens with zero attached hydrogens (tertiary/aromatic N) is 1. The average Bonchev–Trinajstić information content (AvgIpc) is 2.66. The Hall–Kier alpha value is -2.60. The van der Waals surface area contributed by atoms with Crippen LogP contribution in [0.5, 0.6) is 5.75 Å². The molecular formula is C20H25FN3O2+. The SMILES string of the molecule is CCOc1ccc(NC(=O)N2CC[NH+](Cc3ccc(F)cc3)CC2)cc1. The highest BCUT2D eigenvalue weighted by molar-refractivity contribution is 5.89. The first-order valence-corrected chi connectivity index (χ1v) is 9.01. The summed E-state index contributed by atoms with van der Waals surface area (Å²) < 4.78 is 18.4. The second-order valence-corrected chi connectivity index (χ2v) is 6.43. The fourth-order valence-corrected chi connectivity index (χ4v) is 3.10. The molecule has 0 saturated carbocycles. The van der Waals surface area contributed by atoms with Gasteiger partial charge in [0.1, 0.15) is 18.1 Å². The highest BCUT2D eigenvalue weighted by atomic mass is 19.1. The van der Waals surface area contributed by atoms with Gasteiger partial charge in [0.25, 0.3) is 0 Å². The third kappa shape index (κ3) is 4.95. The molecular weight excluding hydrogens is 333 g/mol. The average molecular weight is 358 g/mol. The van der Waals surface area contributed by atoms with Gasteiger partial charge in [-0.15, -0.1) is 0 Å². The summed E-state index contributed by atoms with van der Waals surface area (Å²) in [4.78, 5) is 15.7. The van der Waals surface area contributed by atoms with Crippen LogP contribution in [-0.2, 0) is 6.54 Å². The second-order valence-electron chi connectivity index (χ2n) is 6.43. The number of amides is 2. The zero-order valence-corrected chi connectivity index (χ0v) is 15.0. The summed E-state index contributed by atoms with van der Waals surface area (Å²) in [6.45, 7) is 6.60. The Kier molecular flexibility index (Phi) is 6.07. The molecule has 1 fully saturated rings. The first kappa shape index (κ1) is 18.2. The molecule has 138 valence electrons. The van der Waals surface area contributed by atoms with Crippen LogP contribution in [0.3, 0.4) is 0 Å². The Balaban J connectivity index is 1.46. The topological polar surface area (TPSA) is 46.0 Å². The third-order valence-electron chi connectivity index (χ3n) is 4.54. The van der Waals surface area contributed by atoms with Gasteiger partial charge < -0.3 is 19.9 Å². The highest BCUT2D eigenvalue weighted by Crippen LogP contribution is 2.16. The van der Waals surface area contributed by atoms with Gasteiger partial charge in [-0.05, 0) is 43.3 Å². The molecule has 0 unspecified atom stereocenters. The van der Waals surface area contributed by atoms with Crippen molar-refractivity contribution in [3.63, 3.8) is 0 Å². The van der Waals surface area contributed by atoms with Crippen molar-refractivity contribution < 1.29 is 18.8 Å². The van der Waals surface area contributed by atoms with E-state index in [1.165, 1.54) is 17.0 Å². The minimum atomic E-state index is -0.209. The van der Waals surface area contributed by atoms with Crippen LogP contribution < -0.4 is 15.0 Å². The lowest BCUT2D eigenvalue weighted by Crippen LogP contribution is -3.13. The van der Waals surface area contributed by atoms with Crippen molar-refractivity contribution in [2.75, 3.05) is 38.1 Å². The summed E-state index contributed by atoms with van der Waals surface area (Å²) in [6.07, 6.45) is 0. The normalized spacial score (nSPS) is 14.9. The predicted octanol–water partition coefficient (Wildman–Crippen LogP) is 2.16. The number of carbonyl (C=O) groups is 1. The summed E-state index contributed by atoms with van der Waals surface area (Å²) in [5.74, 6) is 0.586. The summed E-state index contributed by atoms with van der Waals surface area (Å²) >= 11 is 0. The molecule has 2 N–H and O–H groups in total. The fraction of sp³-hybridized carbons (Fsp3) is 0.350. The van der Waals surface area contributed by atoms with Gasteiger partial charge in [0.05, 0.1) is 32.8 Å². The van der Waals surface area contributed by atoms with Crippen LogP contribution in [0.25, 0.3) is 0 Å². The van der Waals surface area contributed by atoms with Gasteiger partial charge >= 0.3 is 6.03 Å². The molecule has 26 heavy (non-hydrogen) atoms. The number of quaternary nitrogens is 1. The van der Waals surface area contributed by atoms with E-state index < -0.39 is 0 Å². The van der Waals surface area contributed by atoms with E-state index in [0.717, 1.165) is 36.6 Å². The number of nitrogens with one attached hydrogen (secondary N) is 2. The summed E-state index contributed by atoms with van der Waals surface area (Å²) in [5, 5.41) is 2.93. The van der Waals surface area contributed by atoms with E-state index in [1.54, 1.807) is 0 Å². The molecule has 2 aromatic carbocycles. The highest BCUT2D eigenvalue weighted by Gasteiger charge is 2.23. The molecule has 1 aliphatic heterocycles. The zero-order chi connectivity index (χ0) is 18.4. The number of hydrogen-bond acceptors (Lipinski definition) is 2. The number of hydrogen-bond donors (Lipinski definition) is 2. The number of piperazine rings is 1. The van der Waals surface area contributed by atoms with Gasteiger partial charge in [-0.2, -0.15) is 0 Å². The largest absolute Gasteiger partial charge is 0.494 e. The summed E-state index contributed by atoms with van der Waals surface area (Å²) in [7, 11) is 0. The molecule has 0 radical (unpaired) electrons. The maximum Gasteiger partial charge on any atom is 0.322 e. The van der Waals surface area contributed by atoms with Crippen LogP contribution in [0.4, 0.5) is 14.9 Å². The lowest BCUT2D eigenvalue weighted by Gasteiger charge is -2.32. The predicted molar refractivity (Wildman–Crippen MR) is 99.0 cm³/mol. The van der Waals surface area contributed by atoms with Gasteiger partial charge in [0.15, 0.2) is 0 Å². The molecule has 2 amide bonds. The Morgan fingerprint density at radius 3 is 2.38 bits per heavy atom. The Morgan fingerprint density at radius 2 is 1.77 bits per heavy atom. The molecule has 0 bridgehead atoms. The summed E-state index contributed by atoms with van der Waals surface area (Å²) in [5.41, 5.74) is 1.88. The van der Waals surface area contributed by atoms with E-state index in [1.807, 2.05) is 48.2 Å². The fourth-order valence-electron chi connectivity index (χ4n) is 3.10. The molecule has 6 heteroatoms. The number of rotatable bonds is 5. The molecule has 5 nitrogen and oxygen atoms in total. The van der Waals surface area contributed by atoms with Gasteiger partial charge in [0, 0.05) is 11.3 Å². The number of benzene rings is 2. The van der Waals surface area contributed by atoms with Crippen LogP contribution in [0.2, 0.25) is 0 Å². The van der Waals surface area contributed by atoms with E-state index in [2.05, 4.69) is 5.32 Å². The van der Waals surface area contributed by atoms with E-state index >= 15 is 0 Å². The molecule has 2 aromatic rings. The molecule has 0 spiro atoms. The first-order valence-electron chi connectivity index (χ1n) is 9.01. The second kappa shape index (κ2) is 8.67. The zero-order valence-electron chi connectivity index (χ0n) is 15.0. The lowest BCUT2D eigenvalue weighted by molar-refractivity contribution is -0.917. The Labute approximate surface area is 153 Å². The van der Waals surface area contributed by atoms with Crippen molar-refractivity contribution in [3.05, 3.63) is 59.9 Å². The van der Waals surface area contributed by atoms with Gasteiger partial charge in [0.2, 0.25) is 0 Å². The molecule has 1 aliphatic rings. The molecule has 0 aliphatic carbocycles. The van der Waals surface area contributed by atoms with Crippen molar-refractivity contribution in [2.45, 2.75) is 13.5 Å². The minimum Gasteiger partial charge on any atom is -0.494 e. The third-order valence-corrected chi connectivity index (χ3v) is 4.54. The lowest BCUT2D eigenvalue weighted by atomic mass is 10.2. The number of halogens is 1. The van der Waals surface area contributed by atoms with Crippen LogP contribution in [0, 0.1) is 5.82 Å². The van der Waals surface area contributed by atoms with Crippen molar-refractivity contribution >= 4 is 11.7 Å². The molecule has 0 atom stereocenters. The number of ether oxygens (including phenoxy) is 1.